The number of nitrogens with zero attached hydrogens (tertiary/aromatic N) is 2. The van der Waals surface area contributed by atoms with Gasteiger partial charge in [-0.3, -0.25) is 4.98 Å². The average molecular weight is 194 g/mol. The molecule has 5 nitrogen and oxygen atoms in total. The topological polar surface area (TPSA) is 73.7 Å². The maximum absolute atomic E-state index is 10.7. The van der Waals surface area contributed by atoms with Gasteiger partial charge in [0.05, 0.1) is 12.7 Å². The minimum absolute atomic E-state index is 0.0796. The number of aromatic nitrogens is 1. The third kappa shape index (κ3) is 1.48. The molecule has 2 heterocycles. The number of rotatable bonds is 0. The summed E-state index contributed by atoms with van der Waals surface area (Å²) in [5.74, 6) is 0.0796. The highest BCUT2D eigenvalue weighted by molar-refractivity contribution is 5.65. The maximum atomic E-state index is 10.7. The van der Waals surface area contributed by atoms with E-state index < -0.39 is 6.09 Å². The zero-order valence-corrected chi connectivity index (χ0v) is 7.47. The van der Waals surface area contributed by atoms with Crippen molar-refractivity contribution >= 4 is 6.09 Å². The Labute approximate surface area is 80.6 Å². The van der Waals surface area contributed by atoms with Crippen LogP contribution in [0.3, 0.4) is 0 Å². The Kier molecular flexibility index (Phi) is 1.99. The predicted octanol–water partition coefficient (Wildman–Crippen LogP) is 0.823. The fourth-order valence-electron chi connectivity index (χ4n) is 1.58. The summed E-state index contributed by atoms with van der Waals surface area (Å²) in [7, 11) is 0. The molecular formula is C9H10N2O3. The fourth-order valence-corrected chi connectivity index (χ4v) is 1.58. The summed E-state index contributed by atoms with van der Waals surface area (Å²) in [6.07, 6.45) is 1.07. The Morgan fingerprint density at radius 1 is 1.57 bits per heavy atom. The maximum Gasteiger partial charge on any atom is 0.407 e. The lowest BCUT2D eigenvalue weighted by molar-refractivity contribution is 0.139. The Balaban J connectivity index is 2.29. The standard InChI is InChI=1S/C9H10N2O3/c12-7-3-6-5-11(9(13)14)2-1-8(6)10-4-7/h3-4,12H,1-2,5H2,(H,13,14). The van der Waals surface area contributed by atoms with Gasteiger partial charge in [-0.2, -0.15) is 0 Å². The van der Waals surface area contributed by atoms with Gasteiger partial charge in [-0.15, -0.1) is 0 Å². The number of pyridine rings is 1. The summed E-state index contributed by atoms with van der Waals surface area (Å²) in [6.45, 7) is 0.784. The molecule has 0 fully saturated rings. The van der Waals surface area contributed by atoms with Crippen LogP contribution >= 0.6 is 0 Å². The van der Waals surface area contributed by atoms with Gasteiger partial charge in [0, 0.05) is 18.7 Å². The van der Waals surface area contributed by atoms with Gasteiger partial charge in [0.25, 0.3) is 0 Å². The second-order valence-corrected chi connectivity index (χ2v) is 3.25. The Bertz CT molecular complexity index is 378. The Morgan fingerprint density at radius 3 is 3.07 bits per heavy atom. The molecule has 5 heteroatoms. The first-order valence-corrected chi connectivity index (χ1v) is 4.31. The molecule has 2 rings (SSSR count). The number of carboxylic acid groups (broad SMARTS) is 1. The van der Waals surface area contributed by atoms with Crippen molar-refractivity contribution in [3.63, 3.8) is 0 Å². The molecule has 0 saturated carbocycles. The summed E-state index contributed by atoms with van der Waals surface area (Å²) < 4.78 is 0. The van der Waals surface area contributed by atoms with E-state index in [4.69, 9.17) is 5.11 Å². The van der Waals surface area contributed by atoms with Gasteiger partial charge < -0.3 is 15.1 Å². The summed E-state index contributed by atoms with van der Waals surface area (Å²) in [4.78, 5) is 16.0. The number of fused-ring (bicyclic) bond motifs is 1. The first-order valence-electron chi connectivity index (χ1n) is 4.31. The highest BCUT2D eigenvalue weighted by atomic mass is 16.4. The molecule has 74 valence electrons. The fraction of sp³-hybridized carbons (Fsp3) is 0.333. The van der Waals surface area contributed by atoms with Crippen molar-refractivity contribution in [2.24, 2.45) is 0 Å². The van der Waals surface area contributed by atoms with Gasteiger partial charge in [0.1, 0.15) is 5.75 Å². The summed E-state index contributed by atoms with van der Waals surface area (Å²) in [5.41, 5.74) is 1.67. The van der Waals surface area contributed by atoms with Crippen LogP contribution in [0.4, 0.5) is 4.79 Å². The van der Waals surface area contributed by atoms with E-state index in [1.165, 1.54) is 11.1 Å². The molecule has 0 spiro atoms. The normalized spacial score (nSPS) is 15.0. The van der Waals surface area contributed by atoms with Crippen molar-refractivity contribution in [2.75, 3.05) is 6.54 Å². The van der Waals surface area contributed by atoms with Crippen LogP contribution in [0.5, 0.6) is 5.75 Å². The minimum atomic E-state index is -0.931. The van der Waals surface area contributed by atoms with E-state index in [9.17, 15) is 9.90 Å². The van der Waals surface area contributed by atoms with Gasteiger partial charge in [-0.25, -0.2) is 4.79 Å². The van der Waals surface area contributed by atoms with Gasteiger partial charge in [-0.05, 0) is 11.6 Å². The van der Waals surface area contributed by atoms with Crippen molar-refractivity contribution in [3.8, 4) is 5.75 Å². The summed E-state index contributed by atoms with van der Waals surface area (Å²) in [5, 5.41) is 18.0. The van der Waals surface area contributed by atoms with Crippen LogP contribution in [-0.2, 0) is 13.0 Å². The number of amides is 1. The molecule has 1 aromatic heterocycles. The van der Waals surface area contributed by atoms with E-state index in [2.05, 4.69) is 4.98 Å². The molecule has 0 bridgehead atoms. The molecule has 0 aliphatic carbocycles. The minimum Gasteiger partial charge on any atom is -0.506 e. The molecular weight excluding hydrogens is 184 g/mol. The second-order valence-electron chi connectivity index (χ2n) is 3.25. The number of hydrogen-bond donors (Lipinski definition) is 2. The van der Waals surface area contributed by atoms with Crippen LogP contribution in [0, 0.1) is 0 Å². The van der Waals surface area contributed by atoms with Crippen LogP contribution in [0.2, 0.25) is 0 Å². The van der Waals surface area contributed by atoms with Crippen molar-refractivity contribution in [2.45, 2.75) is 13.0 Å². The van der Waals surface area contributed by atoms with Crippen LogP contribution < -0.4 is 0 Å². The van der Waals surface area contributed by atoms with Crippen LogP contribution in [0.25, 0.3) is 0 Å². The molecule has 0 aromatic carbocycles. The highest BCUT2D eigenvalue weighted by Gasteiger charge is 2.20. The zero-order chi connectivity index (χ0) is 10.1. The van der Waals surface area contributed by atoms with E-state index in [1.807, 2.05) is 0 Å². The average Bonchev–Trinajstić information content (AvgIpc) is 2.16. The summed E-state index contributed by atoms with van der Waals surface area (Å²) in [6, 6.07) is 1.57. The molecule has 1 aliphatic rings. The lowest BCUT2D eigenvalue weighted by Gasteiger charge is -2.25. The quantitative estimate of drug-likeness (QED) is 0.641. The van der Waals surface area contributed by atoms with Gasteiger partial charge >= 0.3 is 6.09 Å². The number of hydrogen-bond acceptors (Lipinski definition) is 3. The highest BCUT2D eigenvalue weighted by Crippen LogP contribution is 2.20. The molecule has 14 heavy (non-hydrogen) atoms. The Hall–Kier alpha value is -1.78. The van der Waals surface area contributed by atoms with Gasteiger partial charge in [0.15, 0.2) is 0 Å². The largest absolute Gasteiger partial charge is 0.506 e. The van der Waals surface area contributed by atoms with Crippen LogP contribution in [-0.4, -0.2) is 32.7 Å². The van der Waals surface area contributed by atoms with Crippen LogP contribution in [0.1, 0.15) is 11.3 Å². The molecule has 1 aromatic rings. The van der Waals surface area contributed by atoms with E-state index in [0.29, 0.717) is 19.5 Å². The number of aromatic hydroxyl groups is 1. The van der Waals surface area contributed by atoms with Crippen molar-refractivity contribution < 1.29 is 15.0 Å². The van der Waals surface area contributed by atoms with Gasteiger partial charge in [-0.1, -0.05) is 0 Å². The van der Waals surface area contributed by atoms with Gasteiger partial charge in [0.2, 0.25) is 0 Å². The third-order valence-corrected chi connectivity index (χ3v) is 2.30. The smallest absolute Gasteiger partial charge is 0.407 e. The van der Waals surface area contributed by atoms with E-state index in [1.54, 1.807) is 6.07 Å². The molecule has 0 saturated heterocycles. The second kappa shape index (κ2) is 3.17. The third-order valence-electron chi connectivity index (χ3n) is 2.30. The molecule has 0 atom stereocenters. The van der Waals surface area contributed by atoms with E-state index in [-0.39, 0.29) is 5.75 Å². The molecule has 1 amide bonds. The zero-order valence-electron chi connectivity index (χ0n) is 7.47. The lowest BCUT2D eigenvalue weighted by Crippen LogP contribution is -2.35. The van der Waals surface area contributed by atoms with E-state index >= 15 is 0 Å². The molecule has 0 unspecified atom stereocenters. The van der Waals surface area contributed by atoms with Crippen molar-refractivity contribution in [3.05, 3.63) is 23.5 Å². The molecule has 1 aliphatic heterocycles. The monoisotopic (exact) mass is 194 g/mol. The number of carbonyl (C=O) groups is 1. The summed E-state index contributed by atoms with van der Waals surface area (Å²) >= 11 is 0. The molecule has 0 radical (unpaired) electrons. The SMILES string of the molecule is O=C(O)N1CCc2ncc(O)cc2C1. The van der Waals surface area contributed by atoms with Crippen LogP contribution in [0.15, 0.2) is 12.3 Å². The predicted molar refractivity (Wildman–Crippen MR) is 48.0 cm³/mol. The first kappa shape index (κ1) is 8.80. The van der Waals surface area contributed by atoms with Crippen molar-refractivity contribution in [1.82, 2.24) is 9.88 Å². The first-order chi connectivity index (χ1) is 6.66. The Morgan fingerprint density at radius 2 is 2.36 bits per heavy atom. The lowest BCUT2D eigenvalue weighted by atomic mass is 10.1. The molecule has 2 N–H and O–H groups in total. The van der Waals surface area contributed by atoms with E-state index in [0.717, 1.165) is 11.3 Å². The van der Waals surface area contributed by atoms with Crippen molar-refractivity contribution in [1.29, 1.82) is 0 Å².